The molecule has 0 bridgehead atoms. The van der Waals surface area contributed by atoms with E-state index in [1.54, 1.807) is 31.4 Å². The van der Waals surface area contributed by atoms with Crippen LogP contribution in [0, 0.1) is 10.1 Å². The average Bonchev–Trinajstić information content (AvgIpc) is 3.00. The number of carbonyl (C=O) groups excluding carboxylic acids is 1. The number of benzene rings is 3. The minimum atomic E-state index is -0.503. The van der Waals surface area contributed by atoms with Crippen LogP contribution in [0.2, 0.25) is 0 Å². The fourth-order valence-corrected chi connectivity index (χ4v) is 3.70. The van der Waals surface area contributed by atoms with Gasteiger partial charge in [0.15, 0.2) is 5.75 Å². The van der Waals surface area contributed by atoms with Gasteiger partial charge in [0.25, 0.3) is 5.91 Å². The van der Waals surface area contributed by atoms with E-state index in [9.17, 15) is 14.9 Å². The minimum Gasteiger partial charge on any atom is -0.491 e. The van der Waals surface area contributed by atoms with Crippen molar-refractivity contribution in [3.63, 3.8) is 0 Å². The van der Waals surface area contributed by atoms with Gasteiger partial charge in [0.2, 0.25) is 0 Å². The van der Waals surface area contributed by atoms with Gasteiger partial charge >= 0.3 is 5.69 Å². The molecule has 182 valence electrons. The molecule has 1 heterocycles. The van der Waals surface area contributed by atoms with Crippen LogP contribution in [0.3, 0.4) is 0 Å². The molecule has 0 saturated heterocycles. The molecule has 1 aliphatic rings. The summed E-state index contributed by atoms with van der Waals surface area (Å²) in [6.45, 7) is 1.45. The molecule has 3 aromatic rings. The zero-order valence-corrected chi connectivity index (χ0v) is 19.3. The van der Waals surface area contributed by atoms with Crippen molar-refractivity contribution >= 4 is 28.7 Å². The molecule has 0 radical (unpaired) electrons. The van der Waals surface area contributed by atoms with Gasteiger partial charge < -0.3 is 29.6 Å². The number of nitro groups is 1. The summed E-state index contributed by atoms with van der Waals surface area (Å²) < 4.78 is 21.7. The number of amides is 1. The summed E-state index contributed by atoms with van der Waals surface area (Å²) in [5.41, 5.74) is 3.48. The molecule has 2 N–H and O–H groups in total. The molecule has 3 aromatic carbocycles. The van der Waals surface area contributed by atoms with E-state index in [0.717, 1.165) is 5.69 Å². The lowest BCUT2D eigenvalue weighted by molar-refractivity contribution is -0.385. The smallest absolute Gasteiger partial charge is 0.310 e. The van der Waals surface area contributed by atoms with E-state index in [1.165, 1.54) is 13.2 Å². The lowest BCUT2D eigenvalue weighted by Crippen LogP contribution is -2.13. The van der Waals surface area contributed by atoms with Crippen molar-refractivity contribution < 1.29 is 28.7 Å². The predicted molar refractivity (Wildman–Crippen MR) is 131 cm³/mol. The second-order valence-electron chi connectivity index (χ2n) is 7.62. The first-order chi connectivity index (χ1) is 17.0. The van der Waals surface area contributed by atoms with Crippen LogP contribution in [-0.4, -0.2) is 51.5 Å². The first-order valence-electron chi connectivity index (χ1n) is 10.9. The molecule has 4 rings (SSSR count). The summed E-state index contributed by atoms with van der Waals surface area (Å²) >= 11 is 0. The van der Waals surface area contributed by atoms with Gasteiger partial charge in [-0.3, -0.25) is 14.9 Å². The Morgan fingerprint density at radius 2 is 1.57 bits per heavy atom. The number of nitrogens with zero attached hydrogens (tertiary/aromatic N) is 1. The van der Waals surface area contributed by atoms with E-state index in [2.05, 4.69) is 10.6 Å². The molecule has 10 heteroatoms. The van der Waals surface area contributed by atoms with E-state index in [4.69, 9.17) is 18.9 Å². The van der Waals surface area contributed by atoms with Crippen molar-refractivity contribution in [2.24, 2.45) is 0 Å². The van der Waals surface area contributed by atoms with Crippen LogP contribution in [0.4, 0.5) is 22.7 Å². The van der Waals surface area contributed by atoms with Gasteiger partial charge in [0, 0.05) is 18.7 Å². The number of fused-ring (bicyclic) bond motifs is 2. The molecule has 0 unspecified atom stereocenters. The summed E-state index contributed by atoms with van der Waals surface area (Å²) in [4.78, 5) is 23.8. The lowest BCUT2D eigenvalue weighted by Gasteiger charge is -2.17. The van der Waals surface area contributed by atoms with Crippen LogP contribution in [0.25, 0.3) is 11.1 Å². The van der Waals surface area contributed by atoms with Crippen molar-refractivity contribution in [1.82, 2.24) is 0 Å². The highest BCUT2D eigenvalue weighted by molar-refractivity contribution is 6.13. The number of ether oxygens (including phenoxy) is 4. The Kier molecular flexibility index (Phi) is 7.44. The Hall–Kier alpha value is -4.15. The van der Waals surface area contributed by atoms with E-state index in [-0.39, 0.29) is 24.0 Å². The number of methoxy groups -OCH3 is 2. The molecule has 1 aliphatic heterocycles. The highest BCUT2D eigenvalue weighted by Crippen LogP contribution is 2.41. The molecule has 1 amide bonds. The van der Waals surface area contributed by atoms with Crippen molar-refractivity contribution in [3.05, 3.63) is 70.3 Å². The zero-order valence-electron chi connectivity index (χ0n) is 19.3. The van der Waals surface area contributed by atoms with Crippen molar-refractivity contribution in [1.29, 1.82) is 0 Å². The number of rotatable bonds is 10. The van der Waals surface area contributed by atoms with Gasteiger partial charge in [-0.2, -0.15) is 0 Å². The van der Waals surface area contributed by atoms with Crippen molar-refractivity contribution in [2.45, 2.75) is 0 Å². The zero-order chi connectivity index (χ0) is 24.8. The summed E-state index contributed by atoms with van der Waals surface area (Å²) in [5.74, 6) is 0.261. The van der Waals surface area contributed by atoms with E-state index < -0.39 is 4.92 Å². The number of hydrogen-bond donors (Lipinski definition) is 2. The maximum atomic E-state index is 13.0. The van der Waals surface area contributed by atoms with Gasteiger partial charge in [0.1, 0.15) is 12.4 Å². The van der Waals surface area contributed by atoms with Gasteiger partial charge in [-0.15, -0.1) is 0 Å². The summed E-state index contributed by atoms with van der Waals surface area (Å²) in [6.07, 6.45) is 0. The first-order valence-corrected chi connectivity index (χ1v) is 10.9. The van der Waals surface area contributed by atoms with Crippen molar-refractivity contribution in [3.8, 4) is 22.6 Å². The second-order valence-corrected chi connectivity index (χ2v) is 7.62. The Balaban J connectivity index is 1.74. The first kappa shape index (κ1) is 24.0. The Labute approximate surface area is 201 Å². The fraction of sp³-hybridized carbons (Fsp3) is 0.240. The van der Waals surface area contributed by atoms with Crippen LogP contribution in [0.1, 0.15) is 10.4 Å². The van der Waals surface area contributed by atoms with Gasteiger partial charge in [0.05, 0.1) is 54.5 Å². The number of nitrogens with one attached hydrogen (secondary N) is 2. The SMILES string of the molecule is COCCOCCOc1cc2c(cc1-c1ccc([N+](=O)[O-])c(OC)c1)Nc1ccccc1NC2=O. The van der Waals surface area contributed by atoms with Gasteiger partial charge in [-0.05, 0) is 42.0 Å². The van der Waals surface area contributed by atoms with E-state index >= 15 is 0 Å². The van der Waals surface area contributed by atoms with Crippen LogP contribution in [0.5, 0.6) is 11.5 Å². The molecule has 0 spiro atoms. The summed E-state index contributed by atoms with van der Waals surface area (Å²) in [5, 5.41) is 17.6. The minimum absolute atomic E-state index is 0.118. The predicted octanol–water partition coefficient (Wildman–Crippen LogP) is 4.62. The van der Waals surface area contributed by atoms with Crippen LogP contribution >= 0.6 is 0 Å². The Morgan fingerprint density at radius 3 is 2.29 bits per heavy atom. The monoisotopic (exact) mass is 479 g/mol. The molecule has 0 aliphatic carbocycles. The second kappa shape index (κ2) is 10.9. The molecule has 35 heavy (non-hydrogen) atoms. The van der Waals surface area contributed by atoms with Gasteiger partial charge in [-0.1, -0.05) is 12.1 Å². The number of hydrogen-bond acceptors (Lipinski definition) is 8. The average molecular weight is 479 g/mol. The quantitative estimate of drug-likeness (QED) is 0.245. The number of para-hydroxylation sites is 2. The topological polar surface area (TPSA) is 121 Å². The number of anilines is 3. The molecule has 0 atom stereocenters. The van der Waals surface area contributed by atoms with E-state index in [0.29, 0.717) is 53.6 Å². The number of nitro benzene ring substituents is 1. The highest BCUT2D eigenvalue weighted by atomic mass is 16.6. The molecule has 10 nitrogen and oxygen atoms in total. The summed E-state index contributed by atoms with van der Waals surface area (Å²) in [7, 11) is 2.97. The maximum Gasteiger partial charge on any atom is 0.310 e. The molecular weight excluding hydrogens is 454 g/mol. The normalized spacial score (nSPS) is 12.0. The lowest BCUT2D eigenvalue weighted by atomic mass is 9.99. The van der Waals surface area contributed by atoms with E-state index in [1.807, 2.05) is 24.3 Å². The third kappa shape index (κ3) is 5.34. The largest absolute Gasteiger partial charge is 0.491 e. The van der Waals surface area contributed by atoms with Crippen LogP contribution < -0.4 is 20.1 Å². The third-order valence-corrected chi connectivity index (χ3v) is 5.41. The highest BCUT2D eigenvalue weighted by Gasteiger charge is 2.23. The Morgan fingerprint density at radius 1 is 0.829 bits per heavy atom. The molecule has 0 saturated carbocycles. The van der Waals surface area contributed by atoms with Crippen LogP contribution in [0.15, 0.2) is 54.6 Å². The molecular formula is C25H25N3O7. The third-order valence-electron chi connectivity index (χ3n) is 5.41. The molecule has 0 fully saturated rings. The standard InChI is InChI=1S/C25H25N3O7/c1-32-9-10-34-11-12-35-23-15-18-21(26-19-5-3-4-6-20(19)27-25(18)29)14-17(23)16-7-8-22(28(30)31)24(13-16)33-2/h3-8,13-15,26H,9-12H2,1-2H3,(H,27,29). The summed E-state index contributed by atoms with van der Waals surface area (Å²) in [6, 6.07) is 15.4. The van der Waals surface area contributed by atoms with Gasteiger partial charge in [-0.25, -0.2) is 0 Å². The van der Waals surface area contributed by atoms with Crippen LogP contribution in [-0.2, 0) is 9.47 Å². The fourth-order valence-electron chi connectivity index (χ4n) is 3.70. The molecule has 0 aromatic heterocycles. The Bertz CT molecular complexity index is 1250. The number of carbonyl (C=O) groups is 1. The maximum absolute atomic E-state index is 13.0. The van der Waals surface area contributed by atoms with Crippen molar-refractivity contribution in [2.75, 3.05) is 51.3 Å².